The number of rotatable bonds is 13. The van der Waals surface area contributed by atoms with Crippen LogP contribution in [0.3, 0.4) is 0 Å². The fraction of sp³-hybridized carbons (Fsp3) is 0.344. The van der Waals surface area contributed by atoms with E-state index in [2.05, 4.69) is 4.90 Å². The van der Waals surface area contributed by atoms with Crippen molar-refractivity contribution in [3.63, 3.8) is 0 Å². The molecule has 0 amide bonds. The molecule has 1 aliphatic rings. The van der Waals surface area contributed by atoms with Gasteiger partial charge in [-0.1, -0.05) is 55.5 Å². The van der Waals surface area contributed by atoms with Gasteiger partial charge in [0, 0.05) is 26.2 Å². The molecule has 0 aliphatic carbocycles. The summed E-state index contributed by atoms with van der Waals surface area (Å²) in [4.78, 5) is 2.16. The highest BCUT2D eigenvalue weighted by molar-refractivity contribution is 5.44. The molecule has 7 nitrogen and oxygen atoms in total. The van der Waals surface area contributed by atoms with Gasteiger partial charge in [-0.25, -0.2) is 9.07 Å². The first kappa shape index (κ1) is 27.8. The van der Waals surface area contributed by atoms with E-state index < -0.39 is 11.9 Å². The predicted octanol–water partition coefficient (Wildman–Crippen LogP) is 5.79. The molecule has 8 heteroatoms. The molecule has 2 atom stereocenters. The second kappa shape index (κ2) is 13.6. The summed E-state index contributed by atoms with van der Waals surface area (Å²) in [7, 11) is 0. The lowest BCUT2D eigenvalue weighted by Gasteiger charge is -2.28. The predicted molar refractivity (Wildman–Crippen MR) is 152 cm³/mol. The number of aryl methyl sites for hydroxylation is 1. The Morgan fingerprint density at radius 2 is 1.77 bits per heavy atom. The van der Waals surface area contributed by atoms with Crippen LogP contribution >= 0.6 is 0 Å². The van der Waals surface area contributed by atoms with Gasteiger partial charge in [-0.05, 0) is 55.7 Å². The van der Waals surface area contributed by atoms with E-state index in [1.165, 1.54) is 6.07 Å². The van der Waals surface area contributed by atoms with Gasteiger partial charge >= 0.3 is 0 Å². The second-order valence-electron chi connectivity index (χ2n) is 9.97. The Morgan fingerprint density at radius 1 is 1.05 bits per heavy atom. The zero-order valence-electron chi connectivity index (χ0n) is 22.8. The highest BCUT2D eigenvalue weighted by Gasteiger charge is 2.27. The van der Waals surface area contributed by atoms with Gasteiger partial charge in [0.1, 0.15) is 18.5 Å². The summed E-state index contributed by atoms with van der Waals surface area (Å²) in [6.45, 7) is 4.40. The quantitative estimate of drug-likeness (QED) is 0.230. The summed E-state index contributed by atoms with van der Waals surface area (Å²) >= 11 is 0. The number of hydrogen-bond acceptors (Lipinski definition) is 6. The van der Waals surface area contributed by atoms with E-state index in [1.54, 1.807) is 22.9 Å². The maximum atomic E-state index is 14.7. The number of aliphatic hydroxyl groups excluding tert-OH is 1. The standard InChI is InChI=1S/C32H36FN3O4/c1-2-30-28(32(40-31-18-10-9-17-29(31)33)36(34-30)24-12-5-3-6-13-24)22-35(21-27-16-11-19-38-27)20-25(37)23-39-26-14-7-4-8-15-26/h3-10,12-15,17-18,25,27,37H,2,11,16,19-23H2,1H3/t25-,27+/m1/s1. The number of hydrogen-bond donors (Lipinski definition) is 1. The van der Waals surface area contributed by atoms with Gasteiger partial charge in [-0.2, -0.15) is 5.10 Å². The van der Waals surface area contributed by atoms with Gasteiger partial charge in [0.2, 0.25) is 5.88 Å². The van der Waals surface area contributed by atoms with Crippen molar-refractivity contribution in [1.29, 1.82) is 0 Å². The number of aromatic nitrogens is 2. The summed E-state index contributed by atoms with van der Waals surface area (Å²) in [5.74, 6) is 0.855. The molecule has 2 heterocycles. The topological polar surface area (TPSA) is 69.0 Å². The minimum Gasteiger partial charge on any atom is -0.491 e. The zero-order valence-corrected chi connectivity index (χ0v) is 22.8. The van der Waals surface area contributed by atoms with Crippen molar-refractivity contribution in [2.45, 2.75) is 44.9 Å². The number of halogens is 1. The van der Waals surface area contributed by atoms with Crippen LogP contribution in [0.25, 0.3) is 5.69 Å². The fourth-order valence-electron chi connectivity index (χ4n) is 4.96. The molecule has 210 valence electrons. The molecule has 0 bridgehead atoms. The Labute approximate surface area is 234 Å². The van der Waals surface area contributed by atoms with Gasteiger partial charge in [-0.15, -0.1) is 0 Å². The molecule has 3 aromatic carbocycles. The summed E-state index contributed by atoms with van der Waals surface area (Å²) in [5, 5.41) is 15.9. The van der Waals surface area contributed by atoms with Crippen molar-refractivity contribution >= 4 is 0 Å². The first-order chi connectivity index (χ1) is 19.6. The molecule has 40 heavy (non-hydrogen) atoms. The van der Waals surface area contributed by atoms with Crippen molar-refractivity contribution in [2.24, 2.45) is 0 Å². The molecule has 1 aliphatic heterocycles. The van der Waals surface area contributed by atoms with E-state index in [0.29, 0.717) is 37.7 Å². The van der Waals surface area contributed by atoms with E-state index in [0.717, 1.165) is 36.4 Å². The summed E-state index contributed by atoms with van der Waals surface area (Å²) < 4.78 is 34.5. The lowest BCUT2D eigenvalue weighted by molar-refractivity contribution is 0.0310. The van der Waals surface area contributed by atoms with Crippen LogP contribution in [0.5, 0.6) is 17.4 Å². The third-order valence-corrected chi connectivity index (χ3v) is 6.92. The van der Waals surface area contributed by atoms with Crippen molar-refractivity contribution in [1.82, 2.24) is 14.7 Å². The highest BCUT2D eigenvalue weighted by atomic mass is 19.1. The van der Waals surface area contributed by atoms with Gasteiger partial charge in [0.25, 0.3) is 0 Å². The average molecular weight is 546 g/mol. The highest BCUT2D eigenvalue weighted by Crippen LogP contribution is 2.33. The van der Waals surface area contributed by atoms with Crippen molar-refractivity contribution < 1.29 is 23.7 Å². The van der Waals surface area contributed by atoms with E-state index in [4.69, 9.17) is 19.3 Å². The Kier molecular flexibility index (Phi) is 9.44. The van der Waals surface area contributed by atoms with E-state index in [-0.39, 0.29) is 18.5 Å². The number of aliphatic hydroxyl groups is 1. The number of benzene rings is 3. The summed E-state index contributed by atoms with van der Waals surface area (Å²) in [6, 6.07) is 25.5. The molecule has 5 rings (SSSR count). The van der Waals surface area contributed by atoms with Crippen molar-refractivity contribution in [3.8, 4) is 23.1 Å². The van der Waals surface area contributed by atoms with Gasteiger partial charge < -0.3 is 19.3 Å². The summed E-state index contributed by atoms with van der Waals surface area (Å²) in [5.41, 5.74) is 2.52. The van der Waals surface area contributed by atoms with E-state index in [9.17, 15) is 9.50 Å². The molecule has 1 fully saturated rings. The van der Waals surface area contributed by atoms with Crippen LogP contribution in [-0.4, -0.2) is 58.3 Å². The molecule has 1 saturated heterocycles. The van der Waals surface area contributed by atoms with Crippen molar-refractivity contribution in [3.05, 3.63) is 102 Å². The molecule has 1 N–H and O–H groups in total. The molecule has 0 radical (unpaired) electrons. The lowest BCUT2D eigenvalue weighted by Crippen LogP contribution is -2.39. The minimum absolute atomic E-state index is 0.0763. The Morgan fingerprint density at radius 3 is 2.48 bits per heavy atom. The Hall–Kier alpha value is -3.72. The Bertz CT molecular complexity index is 1340. The van der Waals surface area contributed by atoms with E-state index in [1.807, 2.05) is 67.6 Å². The van der Waals surface area contributed by atoms with Crippen molar-refractivity contribution in [2.75, 3.05) is 26.3 Å². The number of ether oxygens (including phenoxy) is 3. The van der Waals surface area contributed by atoms with Gasteiger partial charge in [0.15, 0.2) is 11.6 Å². The average Bonchev–Trinajstić information content (AvgIpc) is 3.62. The first-order valence-corrected chi connectivity index (χ1v) is 13.9. The van der Waals surface area contributed by atoms with Crippen LogP contribution in [0.15, 0.2) is 84.9 Å². The smallest absolute Gasteiger partial charge is 0.227 e. The van der Waals surface area contributed by atoms with Crippen LogP contribution in [-0.2, 0) is 17.7 Å². The van der Waals surface area contributed by atoms with Crippen LogP contribution in [0.4, 0.5) is 4.39 Å². The molecule has 1 aromatic heterocycles. The van der Waals surface area contributed by atoms with Crippen LogP contribution in [0.2, 0.25) is 0 Å². The largest absolute Gasteiger partial charge is 0.491 e. The maximum absolute atomic E-state index is 14.7. The molecule has 0 spiro atoms. The third-order valence-electron chi connectivity index (χ3n) is 6.92. The number of nitrogens with zero attached hydrogens (tertiary/aromatic N) is 3. The van der Waals surface area contributed by atoms with E-state index >= 15 is 0 Å². The minimum atomic E-state index is -0.730. The first-order valence-electron chi connectivity index (χ1n) is 13.9. The van der Waals surface area contributed by atoms with Gasteiger partial charge in [-0.3, -0.25) is 4.90 Å². The SMILES string of the molecule is CCc1nn(-c2ccccc2)c(Oc2ccccc2F)c1CN(C[C@@H](O)COc1ccccc1)C[C@@H]1CCCO1. The van der Waals surface area contributed by atoms with Crippen LogP contribution in [0.1, 0.15) is 31.0 Å². The van der Waals surface area contributed by atoms with Gasteiger partial charge in [0.05, 0.1) is 23.0 Å². The normalized spacial score (nSPS) is 15.8. The van der Waals surface area contributed by atoms with Crippen LogP contribution in [0, 0.1) is 5.82 Å². The summed E-state index contributed by atoms with van der Waals surface area (Å²) in [6.07, 6.45) is 2.00. The molecular weight excluding hydrogens is 509 g/mol. The zero-order chi connectivity index (χ0) is 27.7. The van der Waals surface area contributed by atoms with Crippen LogP contribution < -0.4 is 9.47 Å². The third kappa shape index (κ3) is 7.07. The molecule has 0 saturated carbocycles. The maximum Gasteiger partial charge on any atom is 0.227 e. The second-order valence-corrected chi connectivity index (χ2v) is 9.97. The Balaban J connectivity index is 1.44. The fourth-order valence-corrected chi connectivity index (χ4v) is 4.96. The molecular formula is C32H36FN3O4. The lowest BCUT2D eigenvalue weighted by atomic mass is 10.1. The number of para-hydroxylation sites is 3. The molecule has 0 unspecified atom stereocenters. The molecule has 4 aromatic rings. The monoisotopic (exact) mass is 545 g/mol.